The van der Waals surface area contributed by atoms with Gasteiger partial charge >= 0.3 is 7.82 Å². The number of Topliss-reactive ketones (excluding diaryl/α,β-unsaturated/α-hetero) is 1. The van der Waals surface area contributed by atoms with Crippen LogP contribution in [-0.2, 0) is 23.4 Å². The van der Waals surface area contributed by atoms with Gasteiger partial charge in [0, 0.05) is 10.8 Å². The Labute approximate surface area is 180 Å². The van der Waals surface area contributed by atoms with Gasteiger partial charge in [0.1, 0.15) is 17.8 Å². The van der Waals surface area contributed by atoms with Gasteiger partial charge in [-0.1, -0.05) is 25.5 Å². The number of phosphoric acid groups is 1. The lowest BCUT2D eigenvalue weighted by Crippen LogP contribution is -2.62. The first-order valence-electron chi connectivity index (χ1n) is 10.9. The Bertz CT molecular complexity index is 982. The molecule has 170 valence electrons. The number of aliphatic hydroxyl groups is 1. The number of epoxide rings is 1. The van der Waals surface area contributed by atoms with Crippen molar-refractivity contribution in [3.8, 4) is 0 Å². The first-order valence-corrected chi connectivity index (χ1v) is 12.4. The third-order valence-electron chi connectivity index (χ3n) is 9.30. The molecule has 1 heterocycles. The van der Waals surface area contributed by atoms with E-state index >= 15 is 0 Å². The van der Waals surface area contributed by atoms with Crippen LogP contribution in [0.5, 0.6) is 0 Å². The minimum atomic E-state index is -4.82. The molecule has 3 unspecified atom stereocenters. The number of hydrogen-bond acceptors (Lipinski definition) is 6. The molecular weight excluding hydrogens is 423 g/mol. The first kappa shape index (κ1) is 21.7. The van der Waals surface area contributed by atoms with Crippen LogP contribution in [0.3, 0.4) is 0 Å². The zero-order valence-corrected chi connectivity index (χ0v) is 18.8. The maximum absolute atomic E-state index is 13.1. The predicted octanol–water partition coefficient (Wildman–Crippen LogP) is 2.08. The smallest absolute Gasteiger partial charge is 0.381 e. The molecule has 1 aliphatic heterocycles. The van der Waals surface area contributed by atoms with Crippen molar-refractivity contribution in [1.82, 2.24) is 0 Å². The van der Waals surface area contributed by atoms with Crippen molar-refractivity contribution >= 4 is 19.4 Å². The molecule has 9 heteroatoms. The second-order valence-corrected chi connectivity index (χ2v) is 11.7. The molecule has 3 saturated carbocycles. The minimum absolute atomic E-state index is 0.000288. The standard InChI is InChI=1S/C22H29O8P/c1-12-8-16-15-5-4-13-9-14(23)6-7-19(13,2)22(15)18(30-22)10-20(16,3)21(12,25)17(24)11-29-31(26,27)28/h6-7,9,12,15-16,18,25H,4-5,8,10-11H2,1-3H3,(H2,26,27,28)/t12-,15?,16-,18?,19-,20-,21-,22?/m0/s1. The number of fused-ring (bicyclic) bond motifs is 3. The topological polar surface area (TPSA) is 134 Å². The summed E-state index contributed by atoms with van der Waals surface area (Å²) >= 11 is 0. The average Bonchev–Trinajstić information content (AvgIpc) is 3.36. The Morgan fingerprint density at radius 1 is 1.32 bits per heavy atom. The Morgan fingerprint density at radius 2 is 2.03 bits per heavy atom. The average molecular weight is 452 g/mol. The quantitative estimate of drug-likeness (QED) is 0.436. The fourth-order valence-corrected chi connectivity index (χ4v) is 8.12. The van der Waals surface area contributed by atoms with E-state index in [0.29, 0.717) is 12.8 Å². The molecule has 8 atom stereocenters. The Hall–Kier alpha value is -1.15. The van der Waals surface area contributed by atoms with Crippen molar-refractivity contribution < 1.29 is 38.3 Å². The van der Waals surface area contributed by atoms with Gasteiger partial charge in [-0.05, 0) is 62.5 Å². The van der Waals surface area contributed by atoms with Crippen molar-refractivity contribution in [3.05, 3.63) is 23.8 Å². The summed E-state index contributed by atoms with van der Waals surface area (Å²) in [7, 11) is -4.82. The van der Waals surface area contributed by atoms with Gasteiger partial charge in [-0.2, -0.15) is 0 Å². The molecule has 0 amide bonds. The monoisotopic (exact) mass is 452 g/mol. The first-order chi connectivity index (χ1) is 14.3. The van der Waals surface area contributed by atoms with Gasteiger partial charge in [-0.25, -0.2) is 4.57 Å². The molecule has 0 aromatic carbocycles. The van der Waals surface area contributed by atoms with Crippen LogP contribution < -0.4 is 0 Å². The second-order valence-electron chi connectivity index (χ2n) is 10.5. The normalized spacial score (nSPS) is 50.1. The molecule has 8 nitrogen and oxygen atoms in total. The van der Waals surface area contributed by atoms with E-state index in [1.807, 2.05) is 19.9 Å². The lowest BCUT2D eigenvalue weighted by molar-refractivity contribution is -0.165. The summed E-state index contributed by atoms with van der Waals surface area (Å²) in [4.78, 5) is 43.1. The van der Waals surface area contributed by atoms with Crippen LogP contribution >= 0.6 is 7.82 Å². The van der Waals surface area contributed by atoms with E-state index in [-0.39, 0.29) is 35.1 Å². The Kier molecular flexibility index (Phi) is 4.37. The molecule has 0 aromatic heterocycles. The van der Waals surface area contributed by atoms with Crippen molar-refractivity contribution in [3.63, 3.8) is 0 Å². The molecular formula is C22H29O8P. The Balaban J connectivity index is 1.50. The third kappa shape index (κ3) is 2.58. The number of allylic oxidation sites excluding steroid dienone is 2. The summed E-state index contributed by atoms with van der Waals surface area (Å²) in [5.74, 6) is -0.942. The van der Waals surface area contributed by atoms with Gasteiger partial charge in [0.05, 0.1) is 6.10 Å². The van der Waals surface area contributed by atoms with E-state index in [4.69, 9.17) is 14.5 Å². The number of rotatable bonds is 4. The van der Waals surface area contributed by atoms with Crippen LogP contribution in [0, 0.1) is 28.6 Å². The van der Waals surface area contributed by atoms with E-state index in [0.717, 1.165) is 18.4 Å². The van der Waals surface area contributed by atoms with E-state index in [9.17, 15) is 19.3 Å². The molecule has 5 aliphatic rings. The second kappa shape index (κ2) is 6.25. The zero-order chi connectivity index (χ0) is 22.6. The number of hydrogen-bond donors (Lipinski definition) is 3. The van der Waals surface area contributed by atoms with Crippen LogP contribution in [0.4, 0.5) is 0 Å². The van der Waals surface area contributed by atoms with Crippen molar-refractivity contribution in [1.29, 1.82) is 0 Å². The summed E-state index contributed by atoms with van der Waals surface area (Å²) < 4.78 is 22.0. The van der Waals surface area contributed by atoms with Crippen molar-refractivity contribution in [2.75, 3.05) is 6.61 Å². The molecule has 0 aromatic rings. The predicted molar refractivity (Wildman–Crippen MR) is 109 cm³/mol. The summed E-state index contributed by atoms with van der Waals surface area (Å²) in [5, 5.41) is 11.7. The highest BCUT2D eigenvalue weighted by Crippen LogP contribution is 2.76. The van der Waals surface area contributed by atoms with Gasteiger partial charge in [0.25, 0.3) is 0 Å². The Morgan fingerprint density at radius 3 is 2.71 bits per heavy atom. The highest BCUT2D eigenvalue weighted by Gasteiger charge is 2.81. The zero-order valence-electron chi connectivity index (χ0n) is 17.9. The van der Waals surface area contributed by atoms with Gasteiger partial charge in [0.2, 0.25) is 0 Å². The maximum atomic E-state index is 13.1. The van der Waals surface area contributed by atoms with E-state index in [1.54, 1.807) is 12.2 Å². The molecule has 31 heavy (non-hydrogen) atoms. The highest BCUT2D eigenvalue weighted by molar-refractivity contribution is 7.46. The van der Waals surface area contributed by atoms with Crippen molar-refractivity contribution in [2.45, 2.75) is 63.8 Å². The molecule has 5 rings (SSSR count). The number of ether oxygens (including phenoxy) is 1. The van der Waals surface area contributed by atoms with Gasteiger partial charge in [-0.15, -0.1) is 0 Å². The third-order valence-corrected chi connectivity index (χ3v) is 9.77. The van der Waals surface area contributed by atoms with Gasteiger partial charge in [0.15, 0.2) is 11.6 Å². The fourth-order valence-electron chi connectivity index (χ4n) is 7.83. The van der Waals surface area contributed by atoms with E-state index in [2.05, 4.69) is 11.4 Å². The van der Waals surface area contributed by atoms with Crippen LogP contribution in [-0.4, -0.2) is 50.4 Å². The number of phosphoric ester groups is 1. The van der Waals surface area contributed by atoms with Gasteiger partial charge in [-0.3, -0.25) is 14.1 Å². The molecule has 3 N–H and O–H groups in total. The lowest BCUT2D eigenvalue weighted by Gasteiger charge is -2.55. The van der Waals surface area contributed by atoms with Gasteiger partial charge < -0.3 is 19.6 Å². The van der Waals surface area contributed by atoms with Crippen LogP contribution in [0.15, 0.2) is 23.8 Å². The van der Waals surface area contributed by atoms with Crippen LogP contribution in [0.2, 0.25) is 0 Å². The van der Waals surface area contributed by atoms with Crippen LogP contribution in [0.1, 0.15) is 46.5 Å². The molecule has 0 bridgehead atoms. The summed E-state index contributed by atoms with van der Waals surface area (Å²) in [6.45, 7) is 5.04. The molecule has 1 saturated heterocycles. The lowest BCUT2D eigenvalue weighted by atomic mass is 9.46. The largest absolute Gasteiger partial charge is 0.470 e. The number of ketones is 2. The molecule has 4 aliphatic carbocycles. The fraction of sp³-hybridized carbons (Fsp3) is 0.727. The summed E-state index contributed by atoms with van der Waals surface area (Å²) in [6, 6.07) is 0. The summed E-state index contributed by atoms with van der Waals surface area (Å²) in [6.07, 6.45) is 7.84. The maximum Gasteiger partial charge on any atom is 0.470 e. The van der Waals surface area contributed by atoms with Crippen LogP contribution in [0.25, 0.3) is 0 Å². The molecule has 4 fully saturated rings. The summed E-state index contributed by atoms with van der Waals surface area (Å²) in [5.41, 5.74) is -2.26. The number of carbonyl (C=O) groups is 2. The van der Waals surface area contributed by atoms with E-state index in [1.165, 1.54) is 0 Å². The highest BCUT2D eigenvalue weighted by atomic mass is 31.2. The molecule has 1 spiro atoms. The van der Waals surface area contributed by atoms with E-state index < -0.39 is 36.8 Å². The molecule has 0 radical (unpaired) electrons. The minimum Gasteiger partial charge on any atom is -0.381 e. The van der Waals surface area contributed by atoms with Crippen molar-refractivity contribution in [2.24, 2.45) is 28.6 Å². The number of carbonyl (C=O) groups excluding carboxylic acids is 2. The SMILES string of the molecule is C[C@H]1C[C@H]2C3CCC4=CC(=O)C=C[C@]4(C)C34OC4C[C@]2(C)[C@@]1(O)C(=O)COP(=O)(O)O.